The van der Waals surface area contributed by atoms with Crippen LogP contribution in [0.5, 0.6) is 5.75 Å². The van der Waals surface area contributed by atoms with E-state index >= 15 is 0 Å². The number of hydrogen-bond donors (Lipinski definition) is 2. The molecular formula is C14H20N2O2. The van der Waals surface area contributed by atoms with Gasteiger partial charge in [-0.25, -0.2) is 0 Å². The fourth-order valence-electron chi connectivity index (χ4n) is 2.50. The Morgan fingerprint density at radius 2 is 2.11 bits per heavy atom. The fourth-order valence-corrected chi connectivity index (χ4v) is 2.50. The van der Waals surface area contributed by atoms with E-state index in [1.165, 1.54) is 6.20 Å². The van der Waals surface area contributed by atoms with Gasteiger partial charge in [-0.1, -0.05) is 6.92 Å². The van der Waals surface area contributed by atoms with Crippen molar-refractivity contribution >= 4 is 5.91 Å². The van der Waals surface area contributed by atoms with Gasteiger partial charge in [0.1, 0.15) is 5.75 Å². The van der Waals surface area contributed by atoms with Crippen LogP contribution in [-0.2, 0) is 4.79 Å². The number of amides is 1. The zero-order valence-electron chi connectivity index (χ0n) is 10.7. The lowest BCUT2D eigenvalue weighted by Crippen LogP contribution is -2.36. The highest BCUT2D eigenvalue weighted by Crippen LogP contribution is 2.32. The van der Waals surface area contributed by atoms with Gasteiger partial charge in [0.25, 0.3) is 0 Å². The summed E-state index contributed by atoms with van der Waals surface area (Å²) in [5.74, 6) is 0.809. The van der Waals surface area contributed by atoms with Crippen LogP contribution in [0.3, 0.4) is 0 Å². The van der Waals surface area contributed by atoms with E-state index in [-0.39, 0.29) is 11.7 Å². The molecular weight excluding hydrogens is 228 g/mol. The molecule has 1 saturated carbocycles. The van der Waals surface area contributed by atoms with Crippen LogP contribution in [0.25, 0.3) is 0 Å². The molecule has 0 radical (unpaired) electrons. The highest BCUT2D eigenvalue weighted by Gasteiger charge is 2.23. The molecule has 1 aliphatic carbocycles. The molecule has 98 valence electrons. The van der Waals surface area contributed by atoms with Crippen molar-refractivity contribution in [1.29, 1.82) is 0 Å². The number of nitrogens with one attached hydrogen (secondary N) is 1. The number of carbonyl (C=O) groups excluding carboxylic acids is 1. The van der Waals surface area contributed by atoms with Gasteiger partial charge in [-0.05, 0) is 37.8 Å². The van der Waals surface area contributed by atoms with Crippen molar-refractivity contribution in [3.63, 3.8) is 0 Å². The number of pyridine rings is 1. The summed E-state index contributed by atoms with van der Waals surface area (Å²) >= 11 is 0. The third-order valence-corrected chi connectivity index (χ3v) is 3.60. The molecule has 0 aromatic carbocycles. The Bertz CT molecular complexity index is 395. The van der Waals surface area contributed by atoms with E-state index in [4.69, 9.17) is 0 Å². The second-order valence-corrected chi connectivity index (χ2v) is 4.91. The second kappa shape index (κ2) is 5.85. The molecule has 0 unspecified atom stereocenters. The Morgan fingerprint density at radius 3 is 2.67 bits per heavy atom. The summed E-state index contributed by atoms with van der Waals surface area (Å²) < 4.78 is 0. The van der Waals surface area contributed by atoms with Crippen LogP contribution in [0.4, 0.5) is 0 Å². The molecule has 0 aliphatic heterocycles. The van der Waals surface area contributed by atoms with Crippen molar-refractivity contribution in [2.24, 2.45) is 0 Å². The third-order valence-electron chi connectivity index (χ3n) is 3.60. The van der Waals surface area contributed by atoms with Crippen LogP contribution >= 0.6 is 0 Å². The van der Waals surface area contributed by atoms with Crippen LogP contribution in [-0.4, -0.2) is 22.0 Å². The van der Waals surface area contributed by atoms with Gasteiger partial charge in [-0.3, -0.25) is 9.78 Å². The summed E-state index contributed by atoms with van der Waals surface area (Å²) in [5.41, 5.74) is 1.05. The molecule has 0 bridgehead atoms. The Labute approximate surface area is 107 Å². The predicted molar refractivity (Wildman–Crippen MR) is 69.3 cm³/mol. The first-order valence-corrected chi connectivity index (χ1v) is 6.63. The number of carbonyl (C=O) groups is 1. The summed E-state index contributed by atoms with van der Waals surface area (Å²) in [6, 6.07) is 3.91. The molecule has 0 spiro atoms. The number of nitrogens with zero attached hydrogens (tertiary/aromatic N) is 1. The number of hydrogen-bond acceptors (Lipinski definition) is 3. The van der Waals surface area contributed by atoms with Crippen molar-refractivity contribution in [1.82, 2.24) is 10.3 Å². The fraction of sp³-hybridized carbons (Fsp3) is 0.571. The van der Waals surface area contributed by atoms with Crippen molar-refractivity contribution in [2.45, 2.75) is 51.0 Å². The Balaban J connectivity index is 1.86. The van der Waals surface area contributed by atoms with E-state index in [1.807, 2.05) is 13.0 Å². The van der Waals surface area contributed by atoms with E-state index in [0.717, 1.165) is 31.4 Å². The average Bonchev–Trinajstić information content (AvgIpc) is 2.40. The summed E-state index contributed by atoms with van der Waals surface area (Å²) in [4.78, 5) is 15.6. The third kappa shape index (κ3) is 3.22. The highest BCUT2D eigenvalue weighted by molar-refractivity contribution is 5.75. The minimum absolute atomic E-state index is 0.140. The van der Waals surface area contributed by atoms with E-state index in [2.05, 4.69) is 10.3 Å². The van der Waals surface area contributed by atoms with Crippen molar-refractivity contribution in [3.05, 3.63) is 24.0 Å². The quantitative estimate of drug-likeness (QED) is 0.863. The maximum Gasteiger partial charge on any atom is 0.219 e. The topological polar surface area (TPSA) is 62.2 Å². The van der Waals surface area contributed by atoms with E-state index < -0.39 is 0 Å². The van der Waals surface area contributed by atoms with Gasteiger partial charge in [0.2, 0.25) is 5.91 Å². The van der Waals surface area contributed by atoms with E-state index in [0.29, 0.717) is 18.4 Å². The van der Waals surface area contributed by atoms with Crippen LogP contribution in [0.1, 0.15) is 50.6 Å². The minimum atomic E-state index is 0.140. The molecule has 4 heteroatoms. The molecule has 1 fully saturated rings. The van der Waals surface area contributed by atoms with Gasteiger partial charge < -0.3 is 10.4 Å². The first kappa shape index (κ1) is 12.9. The molecule has 1 aromatic heterocycles. The molecule has 18 heavy (non-hydrogen) atoms. The SMILES string of the molecule is CCC(=O)NC1CCC(c2ccc(O)cn2)CC1. The first-order chi connectivity index (χ1) is 8.69. The lowest BCUT2D eigenvalue weighted by atomic mass is 9.84. The average molecular weight is 248 g/mol. The lowest BCUT2D eigenvalue weighted by Gasteiger charge is -2.28. The minimum Gasteiger partial charge on any atom is -0.506 e. The molecule has 4 nitrogen and oxygen atoms in total. The van der Waals surface area contributed by atoms with Crippen molar-refractivity contribution in [2.75, 3.05) is 0 Å². The number of aromatic nitrogens is 1. The lowest BCUT2D eigenvalue weighted by molar-refractivity contribution is -0.121. The summed E-state index contributed by atoms with van der Waals surface area (Å²) in [5, 5.41) is 12.3. The molecule has 0 atom stereocenters. The van der Waals surface area contributed by atoms with Gasteiger partial charge in [0.05, 0.1) is 6.20 Å². The van der Waals surface area contributed by atoms with Crippen LogP contribution in [0.2, 0.25) is 0 Å². The molecule has 1 amide bonds. The summed E-state index contributed by atoms with van der Waals surface area (Å²) in [6.45, 7) is 1.88. The summed E-state index contributed by atoms with van der Waals surface area (Å²) in [7, 11) is 0. The molecule has 0 saturated heterocycles. The Hall–Kier alpha value is -1.58. The first-order valence-electron chi connectivity index (χ1n) is 6.63. The van der Waals surface area contributed by atoms with Gasteiger partial charge in [-0.2, -0.15) is 0 Å². The van der Waals surface area contributed by atoms with Gasteiger partial charge in [0, 0.05) is 24.1 Å². The predicted octanol–water partition coefficient (Wildman–Crippen LogP) is 2.34. The molecule has 2 N–H and O–H groups in total. The summed E-state index contributed by atoms with van der Waals surface area (Å²) in [6.07, 6.45) is 6.18. The van der Waals surface area contributed by atoms with Gasteiger partial charge in [0.15, 0.2) is 0 Å². The second-order valence-electron chi connectivity index (χ2n) is 4.91. The zero-order valence-corrected chi connectivity index (χ0v) is 10.7. The largest absolute Gasteiger partial charge is 0.506 e. The van der Waals surface area contributed by atoms with Crippen LogP contribution < -0.4 is 5.32 Å². The van der Waals surface area contributed by atoms with Crippen molar-refractivity contribution in [3.8, 4) is 5.75 Å². The Kier molecular flexibility index (Phi) is 4.18. The smallest absolute Gasteiger partial charge is 0.219 e. The normalized spacial score (nSPS) is 23.6. The Morgan fingerprint density at radius 1 is 1.39 bits per heavy atom. The highest BCUT2D eigenvalue weighted by atomic mass is 16.3. The van der Waals surface area contributed by atoms with Gasteiger partial charge >= 0.3 is 0 Å². The maximum atomic E-state index is 11.3. The molecule has 1 aromatic rings. The maximum absolute atomic E-state index is 11.3. The standard InChI is InChI=1S/C14H20N2O2/c1-2-14(18)16-11-5-3-10(4-6-11)13-8-7-12(17)9-15-13/h7-11,17H,2-6H2,1H3,(H,16,18). The zero-order chi connectivity index (χ0) is 13.0. The molecule has 2 rings (SSSR count). The molecule has 1 aliphatic rings. The van der Waals surface area contributed by atoms with E-state index in [9.17, 15) is 9.90 Å². The molecule has 1 heterocycles. The number of rotatable bonds is 3. The van der Waals surface area contributed by atoms with Crippen LogP contribution in [0.15, 0.2) is 18.3 Å². The van der Waals surface area contributed by atoms with Crippen LogP contribution in [0, 0.1) is 0 Å². The number of aromatic hydroxyl groups is 1. The van der Waals surface area contributed by atoms with Crippen molar-refractivity contribution < 1.29 is 9.90 Å². The van der Waals surface area contributed by atoms with Gasteiger partial charge in [-0.15, -0.1) is 0 Å². The monoisotopic (exact) mass is 248 g/mol. The van der Waals surface area contributed by atoms with E-state index in [1.54, 1.807) is 6.07 Å².